The van der Waals surface area contributed by atoms with Crippen LogP contribution in [0.5, 0.6) is 0 Å². The Morgan fingerprint density at radius 2 is 2.25 bits per heavy atom. The Morgan fingerprint density at radius 3 is 3.00 bits per heavy atom. The first-order chi connectivity index (χ1) is 5.72. The van der Waals surface area contributed by atoms with Crippen molar-refractivity contribution in [3.8, 4) is 0 Å². The normalized spacial score (nSPS) is 35.8. The minimum atomic E-state index is -0.113. The van der Waals surface area contributed by atoms with E-state index in [1.54, 1.807) is 6.08 Å². The van der Waals surface area contributed by atoms with Crippen molar-refractivity contribution < 1.29 is 4.39 Å². The summed E-state index contributed by atoms with van der Waals surface area (Å²) >= 11 is 0. The molecule has 1 atom stereocenters. The average Bonchev–Trinajstić information content (AvgIpc) is 2.39. The van der Waals surface area contributed by atoms with Crippen LogP contribution in [0.25, 0.3) is 0 Å². The van der Waals surface area contributed by atoms with E-state index in [-0.39, 0.29) is 11.2 Å². The topological polar surface area (TPSA) is 0 Å². The molecule has 0 spiro atoms. The average molecular weight is 160 g/mol. The van der Waals surface area contributed by atoms with Gasteiger partial charge in [-0.1, -0.05) is 18.2 Å². The molecule has 0 heterocycles. The third kappa shape index (κ3) is 0.482. The molecule has 0 nitrogen and oxygen atoms in total. The van der Waals surface area contributed by atoms with Gasteiger partial charge in [0.25, 0.3) is 0 Å². The van der Waals surface area contributed by atoms with Crippen LogP contribution < -0.4 is 0 Å². The minimum Gasteiger partial charge on any atom is -0.207 e. The summed E-state index contributed by atoms with van der Waals surface area (Å²) in [5, 5.41) is 0. The quantitative estimate of drug-likeness (QED) is 0.478. The zero-order valence-corrected chi connectivity index (χ0v) is 6.89. The first kappa shape index (κ1) is 6.41. The third-order valence-electron chi connectivity index (χ3n) is 3.10. The molecule has 0 aliphatic heterocycles. The molecule has 0 aromatic rings. The summed E-state index contributed by atoms with van der Waals surface area (Å²) in [4.78, 5) is 0. The lowest BCUT2D eigenvalue weighted by atomic mass is 9.78. The van der Waals surface area contributed by atoms with Crippen molar-refractivity contribution in [2.75, 3.05) is 0 Å². The molecule has 4 bridgehead atoms. The van der Waals surface area contributed by atoms with Crippen LogP contribution in [0.3, 0.4) is 0 Å². The van der Waals surface area contributed by atoms with E-state index in [1.165, 1.54) is 11.1 Å². The van der Waals surface area contributed by atoms with Gasteiger partial charge < -0.3 is 0 Å². The van der Waals surface area contributed by atoms with E-state index < -0.39 is 0 Å². The number of allylic oxidation sites excluding steroid dienone is 8. The first-order valence-corrected chi connectivity index (χ1v) is 4.23. The van der Waals surface area contributed by atoms with Crippen molar-refractivity contribution in [3.63, 3.8) is 0 Å². The van der Waals surface area contributed by atoms with Gasteiger partial charge in [-0.2, -0.15) is 0 Å². The largest absolute Gasteiger partial charge is 0.207 e. The zero-order valence-electron chi connectivity index (χ0n) is 6.89. The Balaban J connectivity index is 2.38. The van der Waals surface area contributed by atoms with Crippen LogP contribution in [0.2, 0.25) is 0 Å². The van der Waals surface area contributed by atoms with E-state index in [0.29, 0.717) is 0 Å². The highest BCUT2D eigenvalue weighted by molar-refractivity contribution is 5.68. The van der Waals surface area contributed by atoms with Crippen molar-refractivity contribution in [1.82, 2.24) is 0 Å². The van der Waals surface area contributed by atoms with Gasteiger partial charge in [-0.25, -0.2) is 4.39 Å². The van der Waals surface area contributed by atoms with Crippen molar-refractivity contribution in [3.05, 3.63) is 46.9 Å². The van der Waals surface area contributed by atoms with Crippen LogP contribution in [-0.4, -0.2) is 0 Å². The number of halogens is 1. The lowest BCUT2D eigenvalue weighted by Crippen LogP contribution is -2.13. The fourth-order valence-corrected chi connectivity index (χ4v) is 2.41. The van der Waals surface area contributed by atoms with E-state index in [2.05, 4.69) is 19.1 Å². The Labute approximate surface area is 70.8 Å². The van der Waals surface area contributed by atoms with Crippen LogP contribution in [-0.2, 0) is 0 Å². The highest BCUT2D eigenvalue weighted by atomic mass is 19.1. The highest BCUT2D eigenvalue weighted by Gasteiger charge is 2.44. The number of hydrogen-bond acceptors (Lipinski definition) is 0. The van der Waals surface area contributed by atoms with Crippen molar-refractivity contribution in [2.24, 2.45) is 5.41 Å². The molecule has 1 unspecified atom stereocenters. The molecule has 0 fully saturated rings. The molecule has 0 aromatic carbocycles. The Kier molecular flexibility index (Phi) is 0.871. The van der Waals surface area contributed by atoms with E-state index in [0.717, 1.165) is 12.0 Å². The van der Waals surface area contributed by atoms with Gasteiger partial charge >= 0.3 is 0 Å². The molecule has 3 aliphatic carbocycles. The molecule has 60 valence electrons. The van der Waals surface area contributed by atoms with Gasteiger partial charge in [0.1, 0.15) is 5.83 Å². The Morgan fingerprint density at radius 1 is 1.42 bits per heavy atom. The molecule has 1 heteroatoms. The second-order valence-electron chi connectivity index (χ2n) is 3.80. The van der Waals surface area contributed by atoms with Crippen LogP contribution in [0.15, 0.2) is 46.9 Å². The fraction of sp³-hybridized carbons (Fsp3) is 0.273. The molecule has 0 N–H and O–H groups in total. The van der Waals surface area contributed by atoms with Crippen LogP contribution in [0.4, 0.5) is 4.39 Å². The maximum Gasteiger partial charge on any atom is 0.127 e. The van der Waals surface area contributed by atoms with Crippen molar-refractivity contribution in [2.45, 2.75) is 13.3 Å². The molecule has 0 saturated carbocycles. The van der Waals surface area contributed by atoms with Gasteiger partial charge in [-0.05, 0) is 30.6 Å². The zero-order chi connectivity index (χ0) is 8.34. The van der Waals surface area contributed by atoms with Crippen LogP contribution >= 0.6 is 0 Å². The molecule has 0 aromatic heterocycles. The van der Waals surface area contributed by atoms with Gasteiger partial charge in [-0.15, -0.1) is 0 Å². The van der Waals surface area contributed by atoms with Crippen LogP contribution in [0, 0.1) is 5.41 Å². The summed E-state index contributed by atoms with van der Waals surface area (Å²) in [6.07, 6.45) is 8.92. The summed E-state index contributed by atoms with van der Waals surface area (Å²) in [6, 6.07) is 0. The summed E-state index contributed by atoms with van der Waals surface area (Å²) < 4.78 is 13.2. The molecule has 0 radical (unpaired) electrons. The lowest BCUT2D eigenvalue weighted by Gasteiger charge is -2.24. The molecule has 0 amide bonds. The minimum absolute atomic E-state index is 0.0391. The van der Waals surface area contributed by atoms with Gasteiger partial charge in [0.15, 0.2) is 0 Å². The van der Waals surface area contributed by atoms with Gasteiger partial charge in [0.05, 0.1) is 0 Å². The maximum atomic E-state index is 13.2. The molecular weight excluding hydrogens is 151 g/mol. The van der Waals surface area contributed by atoms with Crippen LogP contribution in [0.1, 0.15) is 13.3 Å². The summed E-state index contributed by atoms with van der Waals surface area (Å²) in [5.41, 5.74) is 3.23. The highest BCUT2D eigenvalue weighted by Crippen LogP contribution is 2.56. The van der Waals surface area contributed by atoms with Gasteiger partial charge in [0.2, 0.25) is 0 Å². The molecule has 3 rings (SSSR count). The van der Waals surface area contributed by atoms with E-state index in [4.69, 9.17) is 0 Å². The molecular formula is C11H9F. The van der Waals surface area contributed by atoms with E-state index in [9.17, 15) is 4.39 Å². The molecule has 3 aliphatic rings. The van der Waals surface area contributed by atoms with Gasteiger partial charge in [-0.3, -0.25) is 0 Å². The monoisotopic (exact) mass is 160 g/mol. The lowest BCUT2D eigenvalue weighted by molar-refractivity contribution is 0.619. The summed E-state index contributed by atoms with van der Waals surface area (Å²) in [5.74, 6) is -0.0391. The van der Waals surface area contributed by atoms with Gasteiger partial charge in [0, 0.05) is 11.0 Å². The van der Waals surface area contributed by atoms with Crippen molar-refractivity contribution in [1.29, 1.82) is 0 Å². The fourth-order valence-electron chi connectivity index (χ4n) is 2.41. The second-order valence-corrected chi connectivity index (χ2v) is 3.80. The molecule has 0 saturated heterocycles. The first-order valence-electron chi connectivity index (χ1n) is 4.23. The van der Waals surface area contributed by atoms with Crippen molar-refractivity contribution >= 4 is 0 Å². The number of rotatable bonds is 0. The maximum absolute atomic E-state index is 13.2. The number of hydrogen-bond donors (Lipinski definition) is 0. The smallest absolute Gasteiger partial charge is 0.127 e. The standard InChI is InChI=1S/C11H9F/c1-11-4-2-3-7-5-9(11)10(12)6-8(7)11/h2,4-6H,3H2,1H3. The predicted molar refractivity (Wildman–Crippen MR) is 46.2 cm³/mol. The predicted octanol–water partition coefficient (Wildman–Crippen LogP) is 3.06. The second kappa shape index (κ2) is 1.63. The summed E-state index contributed by atoms with van der Waals surface area (Å²) in [6.45, 7) is 2.08. The third-order valence-corrected chi connectivity index (χ3v) is 3.10. The Hall–Kier alpha value is -1.11. The SMILES string of the molecule is CC12C=CCC3=CC1=C(F)C=C32. The van der Waals surface area contributed by atoms with E-state index >= 15 is 0 Å². The van der Waals surface area contributed by atoms with E-state index in [1.807, 2.05) is 6.08 Å². The summed E-state index contributed by atoms with van der Waals surface area (Å²) in [7, 11) is 0. The Bertz CT molecular complexity index is 393. The molecule has 12 heavy (non-hydrogen) atoms.